The second-order valence-corrected chi connectivity index (χ2v) is 3.47. The van der Waals surface area contributed by atoms with E-state index in [1.807, 2.05) is 0 Å². The molecule has 4 heteroatoms. The highest BCUT2D eigenvalue weighted by Gasteiger charge is 2.26. The SMILES string of the molecule is CC(C)CC1COB(O)OC1. The first-order valence-corrected chi connectivity index (χ1v) is 4.09. The topological polar surface area (TPSA) is 38.7 Å². The lowest BCUT2D eigenvalue weighted by atomic mass is 9.96. The lowest BCUT2D eigenvalue weighted by Crippen LogP contribution is -2.36. The van der Waals surface area contributed by atoms with Crippen LogP contribution in [0, 0.1) is 11.8 Å². The summed E-state index contributed by atoms with van der Waals surface area (Å²) in [6.45, 7) is 5.59. The molecule has 1 heterocycles. The third-order valence-corrected chi connectivity index (χ3v) is 1.75. The molecular weight excluding hydrogens is 143 g/mol. The van der Waals surface area contributed by atoms with Crippen LogP contribution in [-0.4, -0.2) is 25.6 Å². The van der Waals surface area contributed by atoms with E-state index in [-0.39, 0.29) is 0 Å². The van der Waals surface area contributed by atoms with Gasteiger partial charge in [0, 0.05) is 19.1 Å². The molecule has 0 amide bonds. The van der Waals surface area contributed by atoms with Crippen molar-refractivity contribution in [2.75, 3.05) is 13.2 Å². The van der Waals surface area contributed by atoms with Crippen molar-refractivity contribution in [1.82, 2.24) is 0 Å². The molecule has 3 nitrogen and oxygen atoms in total. The van der Waals surface area contributed by atoms with Gasteiger partial charge >= 0.3 is 7.32 Å². The van der Waals surface area contributed by atoms with Crippen LogP contribution in [0.2, 0.25) is 0 Å². The zero-order valence-electron chi connectivity index (χ0n) is 7.12. The second kappa shape index (κ2) is 4.09. The summed E-state index contributed by atoms with van der Waals surface area (Å²) >= 11 is 0. The van der Waals surface area contributed by atoms with Crippen molar-refractivity contribution in [1.29, 1.82) is 0 Å². The van der Waals surface area contributed by atoms with Gasteiger partial charge in [0.2, 0.25) is 0 Å². The van der Waals surface area contributed by atoms with Gasteiger partial charge in [-0.15, -0.1) is 0 Å². The quantitative estimate of drug-likeness (QED) is 0.600. The molecule has 0 aromatic carbocycles. The van der Waals surface area contributed by atoms with Gasteiger partial charge in [-0.25, -0.2) is 0 Å². The Hall–Kier alpha value is -0.0551. The first-order valence-electron chi connectivity index (χ1n) is 4.09. The Kier molecular flexibility index (Phi) is 3.36. The van der Waals surface area contributed by atoms with Crippen molar-refractivity contribution in [2.45, 2.75) is 20.3 Å². The largest absolute Gasteiger partial charge is 0.636 e. The third kappa shape index (κ3) is 3.23. The van der Waals surface area contributed by atoms with Gasteiger partial charge in [0.1, 0.15) is 0 Å². The van der Waals surface area contributed by atoms with Crippen LogP contribution in [0.4, 0.5) is 0 Å². The lowest BCUT2D eigenvalue weighted by molar-refractivity contribution is 0.0314. The Morgan fingerprint density at radius 1 is 1.45 bits per heavy atom. The molecule has 64 valence electrons. The van der Waals surface area contributed by atoms with Crippen LogP contribution in [0.15, 0.2) is 0 Å². The first-order chi connectivity index (χ1) is 5.18. The maximum atomic E-state index is 8.82. The molecule has 1 fully saturated rings. The van der Waals surface area contributed by atoms with E-state index in [0.717, 1.165) is 6.42 Å². The molecule has 0 aromatic heterocycles. The minimum atomic E-state index is -0.988. The Balaban J connectivity index is 2.17. The summed E-state index contributed by atoms with van der Waals surface area (Å²) in [6, 6.07) is 0. The monoisotopic (exact) mass is 158 g/mol. The van der Waals surface area contributed by atoms with Gasteiger partial charge in [-0.3, -0.25) is 0 Å². The first kappa shape index (κ1) is 9.04. The molecule has 1 aliphatic heterocycles. The van der Waals surface area contributed by atoms with Gasteiger partial charge < -0.3 is 14.3 Å². The van der Waals surface area contributed by atoms with Gasteiger partial charge in [0.15, 0.2) is 0 Å². The highest BCUT2D eigenvalue weighted by Crippen LogP contribution is 2.16. The lowest BCUT2D eigenvalue weighted by Gasteiger charge is -2.25. The van der Waals surface area contributed by atoms with E-state index in [4.69, 9.17) is 14.3 Å². The van der Waals surface area contributed by atoms with E-state index >= 15 is 0 Å². The van der Waals surface area contributed by atoms with Crippen molar-refractivity contribution >= 4 is 7.32 Å². The van der Waals surface area contributed by atoms with Crippen LogP contribution < -0.4 is 0 Å². The molecule has 11 heavy (non-hydrogen) atoms. The van der Waals surface area contributed by atoms with Crippen LogP contribution in [0.25, 0.3) is 0 Å². The van der Waals surface area contributed by atoms with E-state index in [9.17, 15) is 0 Å². The van der Waals surface area contributed by atoms with Crippen LogP contribution >= 0.6 is 0 Å². The molecule has 0 bridgehead atoms. The van der Waals surface area contributed by atoms with Crippen molar-refractivity contribution in [2.24, 2.45) is 11.8 Å². The molecule has 1 saturated heterocycles. The maximum absolute atomic E-state index is 8.82. The fraction of sp³-hybridized carbons (Fsp3) is 1.00. The fourth-order valence-electron chi connectivity index (χ4n) is 1.34. The minimum Gasteiger partial charge on any atom is -0.402 e. The highest BCUT2D eigenvalue weighted by atomic mass is 16.7. The fourth-order valence-corrected chi connectivity index (χ4v) is 1.34. The summed E-state index contributed by atoms with van der Waals surface area (Å²) in [5, 5.41) is 8.82. The van der Waals surface area contributed by atoms with Crippen LogP contribution in [0.1, 0.15) is 20.3 Å². The molecule has 1 N–H and O–H groups in total. The van der Waals surface area contributed by atoms with Crippen molar-refractivity contribution in [3.63, 3.8) is 0 Å². The molecule has 0 aromatic rings. The summed E-state index contributed by atoms with van der Waals surface area (Å²) in [6.07, 6.45) is 1.10. The smallest absolute Gasteiger partial charge is 0.402 e. The second-order valence-electron chi connectivity index (χ2n) is 3.47. The highest BCUT2D eigenvalue weighted by molar-refractivity contribution is 6.34. The summed E-state index contributed by atoms with van der Waals surface area (Å²) in [5.41, 5.74) is 0. The van der Waals surface area contributed by atoms with E-state index < -0.39 is 7.32 Å². The number of rotatable bonds is 2. The van der Waals surface area contributed by atoms with Crippen LogP contribution in [-0.2, 0) is 9.31 Å². The van der Waals surface area contributed by atoms with Gasteiger partial charge in [-0.2, -0.15) is 0 Å². The zero-order chi connectivity index (χ0) is 8.27. The number of hydrogen-bond acceptors (Lipinski definition) is 3. The zero-order valence-corrected chi connectivity index (χ0v) is 7.12. The molecule has 0 aliphatic carbocycles. The Bertz CT molecular complexity index is 110. The Labute approximate surface area is 67.9 Å². The molecule has 1 aliphatic rings. The minimum absolute atomic E-state index is 0.457. The average molecular weight is 158 g/mol. The summed E-state index contributed by atoms with van der Waals surface area (Å²) in [5.74, 6) is 1.13. The molecule has 0 atom stereocenters. The van der Waals surface area contributed by atoms with Gasteiger partial charge in [-0.05, 0) is 12.3 Å². The van der Waals surface area contributed by atoms with Gasteiger partial charge in [0.05, 0.1) is 0 Å². The number of hydrogen-bond donors (Lipinski definition) is 1. The van der Waals surface area contributed by atoms with Gasteiger partial charge in [-0.1, -0.05) is 13.8 Å². The van der Waals surface area contributed by atoms with E-state index in [0.29, 0.717) is 25.0 Å². The van der Waals surface area contributed by atoms with E-state index in [1.54, 1.807) is 0 Å². The normalized spacial score (nSPS) is 21.3. The molecular formula is C7H15BO3. The predicted molar refractivity (Wildman–Crippen MR) is 42.8 cm³/mol. The average Bonchev–Trinajstić information content (AvgIpc) is 1.93. The summed E-state index contributed by atoms with van der Waals surface area (Å²) < 4.78 is 9.85. The van der Waals surface area contributed by atoms with Crippen molar-refractivity contribution in [3.05, 3.63) is 0 Å². The van der Waals surface area contributed by atoms with E-state index in [1.165, 1.54) is 0 Å². The van der Waals surface area contributed by atoms with Crippen LogP contribution in [0.5, 0.6) is 0 Å². The molecule has 0 unspecified atom stereocenters. The predicted octanol–water partition coefficient (Wildman–Crippen LogP) is 0.673. The van der Waals surface area contributed by atoms with E-state index in [2.05, 4.69) is 13.8 Å². The Morgan fingerprint density at radius 2 is 2.00 bits per heavy atom. The summed E-state index contributed by atoms with van der Waals surface area (Å²) in [4.78, 5) is 0. The molecule has 0 radical (unpaired) electrons. The third-order valence-electron chi connectivity index (χ3n) is 1.75. The summed E-state index contributed by atoms with van der Waals surface area (Å²) in [7, 11) is -0.988. The molecule has 0 spiro atoms. The van der Waals surface area contributed by atoms with Crippen molar-refractivity contribution < 1.29 is 14.3 Å². The maximum Gasteiger partial charge on any atom is 0.636 e. The standard InChI is InChI=1S/C7H15BO3/c1-6(2)3-7-4-10-8(9)11-5-7/h6-7,9H,3-5H2,1-2H3. The Morgan fingerprint density at radius 3 is 2.45 bits per heavy atom. The molecule has 0 saturated carbocycles. The van der Waals surface area contributed by atoms with Crippen molar-refractivity contribution in [3.8, 4) is 0 Å². The van der Waals surface area contributed by atoms with Crippen LogP contribution in [0.3, 0.4) is 0 Å². The molecule has 1 rings (SSSR count). The van der Waals surface area contributed by atoms with Gasteiger partial charge in [0.25, 0.3) is 0 Å².